The van der Waals surface area contributed by atoms with Gasteiger partial charge in [0, 0.05) is 47.6 Å². The van der Waals surface area contributed by atoms with Crippen molar-refractivity contribution in [1.82, 2.24) is 19.8 Å². The highest BCUT2D eigenvalue weighted by atomic mass is 32.2. The van der Waals surface area contributed by atoms with Crippen LogP contribution in [0.5, 0.6) is 0 Å². The lowest BCUT2D eigenvalue weighted by Gasteiger charge is -2.19. The number of benzene rings is 1. The number of fused-ring (bicyclic) bond motifs is 1. The number of carbonyl (C=O) groups is 2. The Morgan fingerprint density at radius 1 is 1.03 bits per heavy atom. The number of anilines is 1. The molecule has 0 bridgehead atoms. The average molecular weight is 540 g/mol. The van der Waals surface area contributed by atoms with E-state index >= 15 is 0 Å². The van der Waals surface area contributed by atoms with Crippen molar-refractivity contribution >= 4 is 35.0 Å². The molecule has 3 aliphatic heterocycles. The van der Waals surface area contributed by atoms with Crippen LogP contribution in [0.1, 0.15) is 64.9 Å². The lowest BCUT2D eigenvalue weighted by atomic mass is 9.98. The van der Waals surface area contributed by atoms with E-state index in [0.717, 1.165) is 77.3 Å². The third-order valence-corrected chi connectivity index (χ3v) is 8.00. The minimum absolute atomic E-state index is 0.0755. The van der Waals surface area contributed by atoms with Gasteiger partial charge >= 0.3 is 0 Å². The topological polar surface area (TPSA) is 76.7 Å². The Hall–Kier alpha value is -2.55. The molecule has 2 amide bonds. The molecule has 2 fully saturated rings. The Morgan fingerprint density at radius 3 is 2.24 bits per heavy atom. The fourth-order valence-corrected chi connectivity index (χ4v) is 6.07. The predicted molar refractivity (Wildman–Crippen MR) is 160 cm³/mol. The van der Waals surface area contributed by atoms with E-state index in [2.05, 4.69) is 27.3 Å². The summed E-state index contributed by atoms with van der Waals surface area (Å²) in [7, 11) is 5.92. The number of hydrogen-bond acceptors (Lipinski definition) is 6. The third kappa shape index (κ3) is 6.71. The number of nitrogens with zero attached hydrogens (tertiary/aromatic N) is 2. The Kier molecular flexibility index (Phi) is 11.5. The smallest absolute Gasteiger partial charge is 0.256 e. The number of likely N-dealkylation sites (N-methyl/N-ethyl adjacent to an activating group) is 1. The van der Waals surface area contributed by atoms with Crippen molar-refractivity contribution in [3.8, 4) is 0 Å². The van der Waals surface area contributed by atoms with E-state index in [-0.39, 0.29) is 11.8 Å². The first-order chi connectivity index (χ1) is 18.5. The lowest BCUT2D eigenvalue weighted by molar-refractivity contribution is -0.125. The Bertz CT molecular complexity index is 1100. The van der Waals surface area contributed by atoms with Gasteiger partial charge in [0.05, 0.1) is 5.57 Å². The van der Waals surface area contributed by atoms with Crippen LogP contribution < -0.4 is 15.4 Å². The third-order valence-electron chi connectivity index (χ3n) is 7.30. The molecule has 0 atom stereocenters. The highest BCUT2D eigenvalue weighted by molar-refractivity contribution is 7.97. The summed E-state index contributed by atoms with van der Waals surface area (Å²) in [5, 5.41) is 6.30. The summed E-state index contributed by atoms with van der Waals surface area (Å²) in [5.41, 5.74) is 6.16. The van der Waals surface area contributed by atoms with Crippen molar-refractivity contribution in [2.45, 2.75) is 64.2 Å². The molecule has 0 aromatic heterocycles. The van der Waals surface area contributed by atoms with Crippen LogP contribution in [0, 0.1) is 0 Å². The number of nitrogens with one attached hydrogen (secondary N) is 3. The second kappa shape index (κ2) is 14.6. The Balaban J connectivity index is 0.000000434. The van der Waals surface area contributed by atoms with E-state index in [1.165, 1.54) is 37.9 Å². The van der Waals surface area contributed by atoms with Crippen LogP contribution in [0.25, 0.3) is 5.57 Å². The van der Waals surface area contributed by atoms with Gasteiger partial charge in [0.15, 0.2) is 0 Å². The number of rotatable bonds is 5. The van der Waals surface area contributed by atoms with Gasteiger partial charge in [-0.05, 0) is 114 Å². The van der Waals surface area contributed by atoms with Gasteiger partial charge in [-0.1, -0.05) is 19.9 Å². The van der Waals surface area contributed by atoms with Crippen molar-refractivity contribution in [3.05, 3.63) is 52.3 Å². The van der Waals surface area contributed by atoms with Crippen molar-refractivity contribution in [2.24, 2.45) is 0 Å². The summed E-state index contributed by atoms with van der Waals surface area (Å²) in [4.78, 5) is 31.4. The molecule has 2 saturated heterocycles. The van der Waals surface area contributed by atoms with Crippen LogP contribution in [0.15, 0.2) is 51.6 Å². The maximum atomic E-state index is 13.1. The van der Waals surface area contributed by atoms with Crippen LogP contribution in [0.2, 0.25) is 0 Å². The molecule has 5 rings (SSSR count). The summed E-state index contributed by atoms with van der Waals surface area (Å²) in [5.74, 6) is 0.0292. The maximum Gasteiger partial charge on any atom is 0.256 e. The molecule has 7 nitrogen and oxygen atoms in total. The maximum absolute atomic E-state index is 13.1. The standard InChI is InChI=1S/C23H28N4O2S.C5H11N.C2H6/c1-4-15(23(29)27-11-5-6-12-27)16-8-9-17(21(16)24-2)20-18-13-14(30-25-3)7-10-19(18)26-22(20)28;1-6-4-2-3-5-6;1-2/h4,7,10,13,24-25H,5-6,8-9,11-12H2,1-3H3,(H,26,28);2-5H2,1H3;1-2H3/b15-4-,20-17-;;. The van der Waals surface area contributed by atoms with E-state index in [1.54, 1.807) is 0 Å². The number of allylic oxidation sites excluding steroid dienone is 2. The average Bonchev–Trinajstić information content (AvgIpc) is 3.73. The van der Waals surface area contributed by atoms with Gasteiger partial charge in [0.2, 0.25) is 0 Å². The number of hydrogen-bond donors (Lipinski definition) is 3. The zero-order valence-corrected chi connectivity index (χ0v) is 24.8. The van der Waals surface area contributed by atoms with Gasteiger partial charge in [0.1, 0.15) is 0 Å². The zero-order chi connectivity index (χ0) is 27.7. The minimum Gasteiger partial charge on any atom is -0.388 e. The normalized spacial score (nSPS) is 21.1. The fraction of sp³-hybridized carbons (Fsp3) is 0.533. The van der Waals surface area contributed by atoms with Gasteiger partial charge in [-0.15, -0.1) is 0 Å². The molecular formula is C30H45N5O2S. The largest absolute Gasteiger partial charge is 0.388 e. The van der Waals surface area contributed by atoms with Crippen molar-refractivity contribution in [1.29, 1.82) is 0 Å². The van der Waals surface area contributed by atoms with E-state index in [0.29, 0.717) is 5.57 Å². The molecule has 1 aromatic rings. The molecule has 1 aliphatic carbocycles. The summed E-state index contributed by atoms with van der Waals surface area (Å²) >= 11 is 1.52. The molecule has 1 aromatic carbocycles. The summed E-state index contributed by atoms with van der Waals surface area (Å²) in [6, 6.07) is 6.00. The van der Waals surface area contributed by atoms with Gasteiger partial charge < -0.3 is 20.4 Å². The van der Waals surface area contributed by atoms with Crippen molar-refractivity contribution in [3.63, 3.8) is 0 Å². The first kappa shape index (κ1) is 30.0. The molecule has 3 heterocycles. The molecular weight excluding hydrogens is 494 g/mol. The van der Waals surface area contributed by atoms with Crippen molar-refractivity contribution in [2.75, 3.05) is 52.6 Å². The lowest BCUT2D eigenvalue weighted by Crippen LogP contribution is -2.30. The van der Waals surface area contributed by atoms with Gasteiger partial charge in [-0.3, -0.25) is 14.3 Å². The molecule has 38 heavy (non-hydrogen) atoms. The van der Waals surface area contributed by atoms with Crippen LogP contribution in [0.4, 0.5) is 5.69 Å². The monoisotopic (exact) mass is 539 g/mol. The zero-order valence-electron chi connectivity index (χ0n) is 24.0. The predicted octanol–water partition coefficient (Wildman–Crippen LogP) is 5.19. The van der Waals surface area contributed by atoms with Gasteiger partial charge in [-0.2, -0.15) is 0 Å². The quantitative estimate of drug-likeness (QED) is 0.353. The van der Waals surface area contributed by atoms with E-state index in [1.807, 2.05) is 64.0 Å². The van der Waals surface area contributed by atoms with E-state index in [9.17, 15) is 9.59 Å². The first-order valence-corrected chi connectivity index (χ1v) is 14.9. The Labute approximate surface area is 233 Å². The minimum atomic E-state index is -0.0755. The van der Waals surface area contributed by atoms with Crippen molar-refractivity contribution < 1.29 is 9.59 Å². The molecule has 208 valence electrons. The molecule has 0 radical (unpaired) electrons. The second-order valence-corrected chi connectivity index (χ2v) is 10.7. The summed E-state index contributed by atoms with van der Waals surface area (Å²) in [6.45, 7) is 10.2. The summed E-state index contributed by atoms with van der Waals surface area (Å²) in [6.07, 6.45) is 8.38. The molecule has 4 aliphatic rings. The highest BCUT2D eigenvalue weighted by Crippen LogP contribution is 2.43. The highest BCUT2D eigenvalue weighted by Gasteiger charge is 2.34. The SMILES string of the molecule is C/C=C(\C(=O)N1CCCC1)C1=C(NC)/C(=C2\C(=O)Nc3ccc(SNC)cc32)CC1.CC.CN1CCCC1. The fourth-order valence-electron chi connectivity index (χ4n) is 5.52. The molecule has 0 spiro atoms. The number of amides is 2. The van der Waals surface area contributed by atoms with Crippen LogP contribution in [0.3, 0.4) is 0 Å². The first-order valence-electron chi connectivity index (χ1n) is 14.1. The molecule has 0 saturated carbocycles. The molecule has 3 N–H and O–H groups in total. The van der Waals surface area contributed by atoms with Gasteiger partial charge in [0.25, 0.3) is 11.8 Å². The van der Waals surface area contributed by atoms with Crippen LogP contribution in [-0.2, 0) is 9.59 Å². The number of carbonyl (C=O) groups excluding carboxylic acids is 2. The Morgan fingerprint density at radius 2 is 1.68 bits per heavy atom. The van der Waals surface area contributed by atoms with Crippen LogP contribution in [-0.4, -0.2) is 68.9 Å². The second-order valence-electron chi connectivity index (χ2n) is 9.64. The van der Waals surface area contributed by atoms with Crippen LogP contribution >= 0.6 is 11.9 Å². The van der Waals surface area contributed by atoms with E-state index in [4.69, 9.17) is 0 Å². The number of likely N-dealkylation sites (tertiary alicyclic amines) is 2. The summed E-state index contributed by atoms with van der Waals surface area (Å²) < 4.78 is 3.08. The van der Waals surface area contributed by atoms with Gasteiger partial charge in [-0.25, -0.2) is 0 Å². The molecule has 0 unspecified atom stereocenters. The molecule has 8 heteroatoms. The van der Waals surface area contributed by atoms with E-state index < -0.39 is 0 Å².